The van der Waals surface area contributed by atoms with E-state index in [0.29, 0.717) is 31.6 Å². The summed E-state index contributed by atoms with van der Waals surface area (Å²) >= 11 is 0. The third kappa shape index (κ3) is 4.34. The molecule has 0 atom stereocenters. The molecule has 0 saturated carbocycles. The number of methoxy groups -OCH3 is 1. The van der Waals surface area contributed by atoms with Crippen LogP contribution in [0.5, 0.6) is 5.75 Å². The minimum Gasteiger partial charge on any atom is -0.496 e. The Kier molecular flexibility index (Phi) is 5.99. The second-order valence-electron chi connectivity index (χ2n) is 6.71. The van der Waals surface area contributed by atoms with Crippen LogP contribution in [0.4, 0.5) is 0 Å². The molecule has 0 unspecified atom stereocenters. The van der Waals surface area contributed by atoms with Gasteiger partial charge in [0.15, 0.2) is 0 Å². The maximum atomic E-state index is 12.2. The van der Waals surface area contributed by atoms with E-state index in [-0.39, 0.29) is 11.5 Å². The molecule has 0 aliphatic carbocycles. The van der Waals surface area contributed by atoms with Crippen molar-refractivity contribution in [3.05, 3.63) is 65.4 Å². The van der Waals surface area contributed by atoms with Crippen molar-refractivity contribution in [2.24, 2.45) is 7.05 Å². The molecular weight excluding hydrogens is 356 g/mol. The van der Waals surface area contributed by atoms with E-state index >= 15 is 0 Å². The standard InChI is InChI=1S/C22H24N2O4/c1-24-14-17(18-5-3-4-6-19(18)24)9-10-21(25)23-12-11-15-7-8-16(22(26)27)13-20(15)28-2/h3-8,13-14H,9-12H2,1-2H3,(H,23,25)(H,26,27). The minimum absolute atomic E-state index is 0.00550. The molecule has 2 N–H and O–H groups in total. The van der Waals surface area contributed by atoms with Gasteiger partial charge in [-0.05, 0) is 42.2 Å². The molecule has 1 heterocycles. The van der Waals surface area contributed by atoms with Crippen LogP contribution in [0.2, 0.25) is 0 Å². The van der Waals surface area contributed by atoms with Crippen LogP contribution in [-0.2, 0) is 24.7 Å². The van der Waals surface area contributed by atoms with Gasteiger partial charge in [-0.15, -0.1) is 0 Å². The van der Waals surface area contributed by atoms with Gasteiger partial charge in [0.2, 0.25) is 5.91 Å². The van der Waals surface area contributed by atoms with E-state index in [1.54, 1.807) is 12.1 Å². The van der Waals surface area contributed by atoms with Crippen molar-refractivity contribution < 1.29 is 19.4 Å². The number of amides is 1. The van der Waals surface area contributed by atoms with Crippen molar-refractivity contribution >= 4 is 22.8 Å². The highest BCUT2D eigenvalue weighted by atomic mass is 16.5. The van der Waals surface area contributed by atoms with Crippen LogP contribution in [0.15, 0.2) is 48.7 Å². The Bertz CT molecular complexity index is 1010. The van der Waals surface area contributed by atoms with Gasteiger partial charge in [-0.3, -0.25) is 4.79 Å². The minimum atomic E-state index is -0.994. The molecule has 2 aromatic carbocycles. The van der Waals surface area contributed by atoms with Crippen LogP contribution in [-0.4, -0.2) is 35.2 Å². The molecule has 1 amide bonds. The average molecular weight is 380 g/mol. The summed E-state index contributed by atoms with van der Waals surface area (Å²) in [7, 11) is 3.52. The van der Waals surface area contributed by atoms with Gasteiger partial charge in [-0.25, -0.2) is 4.79 Å². The number of aryl methyl sites for hydroxylation is 2. The lowest BCUT2D eigenvalue weighted by atomic mass is 10.1. The fraction of sp³-hybridized carbons (Fsp3) is 0.273. The van der Waals surface area contributed by atoms with Crippen molar-refractivity contribution in [3.8, 4) is 5.75 Å². The molecule has 146 valence electrons. The monoisotopic (exact) mass is 380 g/mol. The van der Waals surface area contributed by atoms with E-state index in [9.17, 15) is 9.59 Å². The maximum Gasteiger partial charge on any atom is 0.335 e. The molecule has 6 nitrogen and oxygen atoms in total. The van der Waals surface area contributed by atoms with Crippen LogP contribution in [0.25, 0.3) is 10.9 Å². The van der Waals surface area contributed by atoms with Gasteiger partial charge in [0.1, 0.15) is 5.75 Å². The Balaban J connectivity index is 1.53. The van der Waals surface area contributed by atoms with E-state index in [1.165, 1.54) is 24.1 Å². The smallest absolute Gasteiger partial charge is 0.335 e. The number of aromatic carboxylic acids is 1. The highest BCUT2D eigenvalue weighted by molar-refractivity contribution is 5.88. The first-order chi connectivity index (χ1) is 13.5. The van der Waals surface area contributed by atoms with Crippen molar-refractivity contribution in [2.75, 3.05) is 13.7 Å². The summed E-state index contributed by atoms with van der Waals surface area (Å²) in [6, 6.07) is 12.9. The SMILES string of the molecule is COc1cc(C(=O)O)ccc1CCNC(=O)CCc1cn(C)c2ccccc12. The topological polar surface area (TPSA) is 80.6 Å². The van der Waals surface area contributed by atoms with Gasteiger partial charge < -0.3 is 19.7 Å². The molecule has 0 bridgehead atoms. The van der Waals surface area contributed by atoms with E-state index in [0.717, 1.165) is 11.1 Å². The molecule has 1 aromatic heterocycles. The summed E-state index contributed by atoms with van der Waals surface area (Å²) in [5, 5.41) is 13.2. The number of aromatic nitrogens is 1. The Hall–Kier alpha value is -3.28. The zero-order valence-corrected chi connectivity index (χ0v) is 16.1. The van der Waals surface area contributed by atoms with Gasteiger partial charge in [-0.1, -0.05) is 24.3 Å². The summed E-state index contributed by atoms with van der Waals surface area (Å²) in [6.45, 7) is 0.469. The van der Waals surface area contributed by atoms with Gasteiger partial charge in [0.05, 0.1) is 12.7 Å². The summed E-state index contributed by atoms with van der Waals surface area (Å²) in [6.07, 6.45) is 3.75. The molecule has 0 saturated heterocycles. The number of hydrogen-bond acceptors (Lipinski definition) is 3. The fourth-order valence-electron chi connectivity index (χ4n) is 3.38. The Morgan fingerprint density at radius 2 is 1.89 bits per heavy atom. The number of nitrogens with zero attached hydrogens (tertiary/aromatic N) is 1. The largest absolute Gasteiger partial charge is 0.496 e. The van der Waals surface area contributed by atoms with Crippen LogP contribution < -0.4 is 10.1 Å². The number of rotatable bonds is 8. The lowest BCUT2D eigenvalue weighted by molar-refractivity contribution is -0.121. The number of carbonyl (C=O) groups excluding carboxylic acids is 1. The Labute approximate surface area is 163 Å². The van der Waals surface area contributed by atoms with E-state index in [4.69, 9.17) is 9.84 Å². The number of hydrogen-bond donors (Lipinski definition) is 2. The summed E-state index contributed by atoms with van der Waals surface area (Å²) in [5.41, 5.74) is 3.37. The Morgan fingerprint density at radius 1 is 1.11 bits per heavy atom. The lowest BCUT2D eigenvalue weighted by Gasteiger charge is -2.10. The highest BCUT2D eigenvalue weighted by Gasteiger charge is 2.11. The van der Waals surface area contributed by atoms with Crippen molar-refractivity contribution in [1.29, 1.82) is 0 Å². The molecule has 28 heavy (non-hydrogen) atoms. The van der Waals surface area contributed by atoms with Crippen molar-refractivity contribution in [1.82, 2.24) is 9.88 Å². The Morgan fingerprint density at radius 3 is 2.64 bits per heavy atom. The van der Waals surface area contributed by atoms with Gasteiger partial charge in [-0.2, -0.15) is 0 Å². The number of nitrogens with one attached hydrogen (secondary N) is 1. The van der Waals surface area contributed by atoms with E-state index < -0.39 is 5.97 Å². The summed E-state index contributed by atoms with van der Waals surface area (Å²) in [4.78, 5) is 23.3. The van der Waals surface area contributed by atoms with Crippen molar-refractivity contribution in [3.63, 3.8) is 0 Å². The first-order valence-electron chi connectivity index (χ1n) is 9.19. The third-order valence-electron chi connectivity index (χ3n) is 4.85. The van der Waals surface area contributed by atoms with Gasteiger partial charge >= 0.3 is 5.97 Å². The van der Waals surface area contributed by atoms with E-state index in [1.807, 2.05) is 19.2 Å². The molecule has 0 aliphatic heterocycles. The maximum absolute atomic E-state index is 12.2. The number of fused-ring (bicyclic) bond motifs is 1. The summed E-state index contributed by atoms with van der Waals surface area (Å²) in [5.74, 6) is -0.481. The first kappa shape index (κ1) is 19.5. The lowest BCUT2D eigenvalue weighted by Crippen LogP contribution is -2.26. The summed E-state index contributed by atoms with van der Waals surface area (Å²) < 4.78 is 7.34. The predicted molar refractivity (Wildman–Crippen MR) is 108 cm³/mol. The molecule has 0 fully saturated rings. The number of carbonyl (C=O) groups is 2. The van der Waals surface area contributed by atoms with Gasteiger partial charge in [0.25, 0.3) is 0 Å². The zero-order chi connectivity index (χ0) is 20.1. The molecule has 0 aliphatic rings. The highest BCUT2D eigenvalue weighted by Crippen LogP contribution is 2.22. The van der Waals surface area contributed by atoms with Crippen LogP contribution >= 0.6 is 0 Å². The predicted octanol–water partition coefficient (Wildman–Crippen LogP) is 3.18. The molecule has 6 heteroatoms. The first-order valence-corrected chi connectivity index (χ1v) is 9.19. The zero-order valence-electron chi connectivity index (χ0n) is 16.1. The average Bonchev–Trinajstić information content (AvgIpc) is 3.02. The van der Waals surface area contributed by atoms with Crippen LogP contribution in [0.1, 0.15) is 27.9 Å². The number of para-hydroxylation sites is 1. The third-order valence-corrected chi connectivity index (χ3v) is 4.85. The molecule has 3 rings (SSSR count). The molecule has 0 radical (unpaired) electrons. The fourth-order valence-corrected chi connectivity index (χ4v) is 3.38. The molecule has 3 aromatic rings. The molecule has 0 spiro atoms. The van der Waals surface area contributed by atoms with E-state index in [2.05, 4.69) is 28.2 Å². The normalized spacial score (nSPS) is 10.8. The van der Waals surface area contributed by atoms with Crippen molar-refractivity contribution in [2.45, 2.75) is 19.3 Å². The quantitative estimate of drug-likeness (QED) is 0.629. The van der Waals surface area contributed by atoms with Gasteiger partial charge in [0, 0.05) is 37.1 Å². The van der Waals surface area contributed by atoms with Crippen LogP contribution in [0, 0.1) is 0 Å². The van der Waals surface area contributed by atoms with Crippen LogP contribution in [0.3, 0.4) is 0 Å². The number of carboxylic acid groups (broad SMARTS) is 1. The second-order valence-corrected chi connectivity index (χ2v) is 6.71. The molecular formula is C22H24N2O4. The number of benzene rings is 2. The number of ether oxygens (including phenoxy) is 1. The number of carboxylic acids is 1. The second kappa shape index (κ2) is 8.61.